The maximum Gasteiger partial charge on any atom is 0.251 e. The molecule has 1 heterocycles. The van der Waals surface area contributed by atoms with Crippen LogP contribution in [0.5, 0.6) is 0 Å². The minimum absolute atomic E-state index is 0.116. The molecule has 0 fully saturated rings. The van der Waals surface area contributed by atoms with Crippen molar-refractivity contribution >= 4 is 5.91 Å². The first-order valence-corrected chi connectivity index (χ1v) is 9.53. The molecule has 0 spiro atoms. The zero-order valence-electron chi connectivity index (χ0n) is 15.8. The van der Waals surface area contributed by atoms with E-state index >= 15 is 0 Å². The van der Waals surface area contributed by atoms with Gasteiger partial charge >= 0.3 is 0 Å². The first-order chi connectivity index (χ1) is 14.3. The van der Waals surface area contributed by atoms with Crippen LogP contribution in [0.3, 0.4) is 0 Å². The molecule has 4 aromatic rings. The highest BCUT2D eigenvalue weighted by Gasteiger charge is 2.15. The van der Waals surface area contributed by atoms with E-state index in [0.717, 1.165) is 12.0 Å². The lowest BCUT2D eigenvalue weighted by Crippen LogP contribution is -2.25. The molecule has 0 aliphatic heterocycles. The topological polar surface area (TPSA) is 83.6 Å². The lowest BCUT2D eigenvalue weighted by molar-refractivity contribution is 0.0953. The van der Waals surface area contributed by atoms with Gasteiger partial charge in [-0.05, 0) is 34.9 Å². The molecule has 0 atom stereocenters. The van der Waals surface area contributed by atoms with E-state index in [1.807, 2.05) is 48.5 Å². The Balaban J connectivity index is 1.44. The van der Waals surface area contributed by atoms with Gasteiger partial charge in [0, 0.05) is 23.6 Å². The number of carbonyl (C=O) groups is 1. The molecule has 0 saturated carbocycles. The predicted molar refractivity (Wildman–Crippen MR) is 111 cm³/mol. The Morgan fingerprint density at radius 3 is 2.21 bits per heavy atom. The van der Waals surface area contributed by atoms with Gasteiger partial charge in [-0.3, -0.25) is 4.79 Å². The lowest BCUT2D eigenvalue weighted by atomic mass is 9.88. The van der Waals surface area contributed by atoms with E-state index in [9.17, 15) is 4.79 Å². The summed E-state index contributed by atoms with van der Waals surface area (Å²) < 4.78 is 0. The van der Waals surface area contributed by atoms with Crippen LogP contribution < -0.4 is 5.32 Å². The minimum Gasteiger partial charge on any atom is -0.352 e. The zero-order chi connectivity index (χ0) is 19.9. The standard InChI is InChI=1S/C23H21N5O/c29-23(20-13-7-12-19(16-20)22-25-27-28-26-22)24-15-14-21(17-8-3-1-4-9-17)18-10-5-2-6-11-18/h1-13,16,21H,14-15H2,(H,24,29)(H,25,26,27,28). The van der Waals surface area contributed by atoms with Crippen LogP contribution in [0, 0.1) is 0 Å². The van der Waals surface area contributed by atoms with Crippen molar-refractivity contribution in [3.05, 3.63) is 102 Å². The molecule has 6 heteroatoms. The second kappa shape index (κ2) is 8.93. The Labute approximate surface area is 169 Å². The molecular formula is C23H21N5O. The average molecular weight is 383 g/mol. The van der Waals surface area contributed by atoms with Gasteiger partial charge in [0.2, 0.25) is 5.82 Å². The summed E-state index contributed by atoms with van der Waals surface area (Å²) in [5.74, 6) is 0.575. The molecule has 144 valence electrons. The first kappa shape index (κ1) is 18.6. The number of H-pyrrole nitrogens is 1. The van der Waals surface area contributed by atoms with Gasteiger partial charge in [0.25, 0.3) is 5.91 Å². The fourth-order valence-electron chi connectivity index (χ4n) is 3.41. The van der Waals surface area contributed by atoms with Crippen molar-refractivity contribution in [2.75, 3.05) is 6.54 Å². The van der Waals surface area contributed by atoms with Crippen molar-refractivity contribution in [3.63, 3.8) is 0 Å². The summed E-state index contributed by atoms with van der Waals surface area (Å²) in [6.45, 7) is 0.569. The van der Waals surface area contributed by atoms with Crippen molar-refractivity contribution in [3.8, 4) is 11.4 Å². The maximum atomic E-state index is 12.6. The third kappa shape index (κ3) is 4.55. The van der Waals surface area contributed by atoms with Gasteiger partial charge in [0.05, 0.1) is 0 Å². The third-order valence-corrected chi connectivity index (χ3v) is 4.85. The third-order valence-electron chi connectivity index (χ3n) is 4.85. The van der Waals surface area contributed by atoms with Crippen LogP contribution in [-0.2, 0) is 0 Å². The molecule has 0 aliphatic rings. The molecule has 4 rings (SSSR count). The summed E-state index contributed by atoms with van der Waals surface area (Å²) in [6, 6.07) is 28.0. The molecule has 1 aromatic heterocycles. The molecule has 0 aliphatic carbocycles. The second-order valence-electron chi connectivity index (χ2n) is 6.73. The number of nitrogens with one attached hydrogen (secondary N) is 2. The summed E-state index contributed by atoms with van der Waals surface area (Å²) in [5.41, 5.74) is 3.81. The number of hydrogen-bond acceptors (Lipinski definition) is 4. The summed E-state index contributed by atoms with van der Waals surface area (Å²) in [6.07, 6.45) is 0.810. The smallest absolute Gasteiger partial charge is 0.251 e. The molecule has 0 saturated heterocycles. The molecule has 0 radical (unpaired) electrons. The van der Waals surface area contributed by atoms with E-state index in [-0.39, 0.29) is 11.8 Å². The predicted octanol–water partition coefficient (Wildman–Crippen LogP) is 3.82. The molecule has 0 bridgehead atoms. The van der Waals surface area contributed by atoms with Crippen LogP contribution in [0.2, 0.25) is 0 Å². The van der Waals surface area contributed by atoms with E-state index < -0.39 is 0 Å². The maximum absolute atomic E-state index is 12.6. The fraction of sp³-hybridized carbons (Fsp3) is 0.130. The fourth-order valence-corrected chi connectivity index (χ4v) is 3.41. The summed E-state index contributed by atoms with van der Waals surface area (Å²) in [7, 11) is 0. The number of hydrogen-bond donors (Lipinski definition) is 2. The quantitative estimate of drug-likeness (QED) is 0.508. The van der Waals surface area contributed by atoms with Crippen molar-refractivity contribution in [2.45, 2.75) is 12.3 Å². The van der Waals surface area contributed by atoms with Crippen LogP contribution in [0.1, 0.15) is 33.8 Å². The van der Waals surface area contributed by atoms with Gasteiger partial charge in [-0.1, -0.05) is 72.8 Å². The number of tetrazole rings is 1. The Morgan fingerprint density at radius 2 is 1.59 bits per heavy atom. The van der Waals surface area contributed by atoms with Crippen LogP contribution in [0.4, 0.5) is 0 Å². The molecule has 3 aromatic carbocycles. The van der Waals surface area contributed by atoms with Crippen LogP contribution in [-0.4, -0.2) is 33.1 Å². The SMILES string of the molecule is O=C(NCCC(c1ccccc1)c1ccccc1)c1cccc(-c2nn[nH]n2)c1. The van der Waals surface area contributed by atoms with Gasteiger partial charge in [-0.25, -0.2) is 0 Å². The highest BCUT2D eigenvalue weighted by Crippen LogP contribution is 2.27. The largest absolute Gasteiger partial charge is 0.352 e. The molecule has 29 heavy (non-hydrogen) atoms. The molecular weight excluding hydrogens is 362 g/mol. The van der Waals surface area contributed by atoms with Gasteiger partial charge in [-0.2, -0.15) is 5.21 Å². The molecule has 1 amide bonds. The zero-order valence-corrected chi connectivity index (χ0v) is 15.8. The highest BCUT2D eigenvalue weighted by molar-refractivity contribution is 5.95. The number of rotatable bonds is 7. The van der Waals surface area contributed by atoms with E-state index in [1.54, 1.807) is 12.1 Å². The second-order valence-corrected chi connectivity index (χ2v) is 6.73. The van der Waals surface area contributed by atoms with Crippen molar-refractivity contribution in [1.82, 2.24) is 25.9 Å². The summed E-state index contributed by atoms with van der Waals surface area (Å²) in [4.78, 5) is 12.6. The number of amides is 1. The molecule has 2 N–H and O–H groups in total. The van der Waals surface area contributed by atoms with E-state index in [4.69, 9.17) is 0 Å². The Kier molecular flexibility index (Phi) is 5.71. The summed E-state index contributed by atoms with van der Waals surface area (Å²) in [5, 5.41) is 16.9. The Bertz CT molecular complexity index is 1010. The average Bonchev–Trinajstić information content (AvgIpc) is 3.33. The van der Waals surface area contributed by atoms with Crippen LogP contribution in [0.15, 0.2) is 84.9 Å². The number of benzene rings is 3. The minimum atomic E-state index is -0.116. The van der Waals surface area contributed by atoms with Crippen molar-refractivity contribution in [2.24, 2.45) is 0 Å². The summed E-state index contributed by atoms with van der Waals surface area (Å²) >= 11 is 0. The molecule has 6 nitrogen and oxygen atoms in total. The van der Waals surface area contributed by atoms with Gasteiger partial charge < -0.3 is 5.32 Å². The monoisotopic (exact) mass is 383 g/mol. The highest BCUT2D eigenvalue weighted by atomic mass is 16.1. The van der Waals surface area contributed by atoms with E-state index in [1.165, 1.54) is 11.1 Å². The number of aromatic amines is 1. The lowest BCUT2D eigenvalue weighted by Gasteiger charge is -2.18. The van der Waals surface area contributed by atoms with Crippen LogP contribution >= 0.6 is 0 Å². The number of carbonyl (C=O) groups excluding carboxylic acids is 1. The van der Waals surface area contributed by atoms with Gasteiger partial charge in [0.1, 0.15) is 0 Å². The van der Waals surface area contributed by atoms with Crippen LogP contribution in [0.25, 0.3) is 11.4 Å². The van der Waals surface area contributed by atoms with Crippen molar-refractivity contribution in [1.29, 1.82) is 0 Å². The van der Waals surface area contributed by atoms with Gasteiger partial charge in [0.15, 0.2) is 0 Å². The molecule has 0 unspecified atom stereocenters. The normalized spacial score (nSPS) is 10.8. The van der Waals surface area contributed by atoms with Gasteiger partial charge in [-0.15, -0.1) is 10.2 Å². The van der Waals surface area contributed by atoms with E-state index in [2.05, 4.69) is 50.2 Å². The first-order valence-electron chi connectivity index (χ1n) is 9.53. The van der Waals surface area contributed by atoms with E-state index in [0.29, 0.717) is 17.9 Å². The van der Waals surface area contributed by atoms with Crippen molar-refractivity contribution < 1.29 is 4.79 Å². The Hall–Kier alpha value is -3.80. The Morgan fingerprint density at radius 1 is 0.897 bits per heavy atom. The number of aromatic nitrogens is 4. The number of nitrogens with zero attached hydrogens (tertiary/aromatic N) is 3.